The minimum Gasteiger partial charge on any atom is -0.469 e. The van der Waals surface area contributed by atoms with Crippen LogP contribution < -0.4 is 5.32 Å². The summed E-state index contributed by atoms with van der Waals surface area (Å²) in [4.78, 5) is 40.8. The Balaban J connectivity index is 1.74. The summed E-state index contributed by atoms with van der Waals surface area (Å²) < 4.78 is 4.53. The van der Waals surface area contributed by atoms with Crippen LogP contribution >= 0.6 is 0 Å². The van der Waals surface area contributed by atoms with Crippen LogP contribution in [0.4, 0.5) is 0 Å². The molecule has 0 radical (unpaired) electrons. The van der Waals surface area contributed by atoms with Gasteiger partial charge in [-0.15, -0.1) is 0 Å². The molecule has 2 rings (SSSR count). The lowest BCUT2D eigenvalue weighted by molar-refractivity contribution is -0.143. The molecule has 0 aromatic carbocycles. The summed E-state index contributed by atoms with van der Waals surface area (Å²) in [6.07, 6.45) is 4.83. The number of likely N-dealkylation sites (tertiary alicyclic amines) is 1. The third kappa shape index (κ3) is 5.05. The van der Waals surface area contributed by atoms with Crippen molar-refractivity contribution in [2.24, 2.45) is 0 Å². The van der Waals surface area contributed by atoms with Crippen molar-refractivity contribution >= 4 is 17.8 Å². The molecular formula is C16H21N3O4. The highest BCUT2D eigenvalue weighted by atomic mass is 16.5. The maximum atomic E-state index is 12.1. The number of amides is 2. The van der Waals surface area contributed by atoms with Gasteiger partial charge in [0, 0.05) is 37.9 Å². The lowest BCUT2D eigenvalue weighted by Crippen LogP contribution is -2.46. The smallest absolute Gasteiger partial charge is 0.306 e. The van der Waals surface area contributed by atoms with E-state index in [2.05, 4.69) is 15.0 Å². The summed E-state index contributed by atoms with van der Waals surface area (Å²) in [6.45, 7) is 1.16. The molecule has 2 amide bonds. The first-order valence-electron chi connectivity index (χ1n) is 7.65. The fraction of sp³-hybridized carbons (Fsp3) is 0.500. The van der Waals surface area contributed by atoms with Crippen molar-refractivity contribution in [1.82, 2.24) is 15.2 Å². The Morgan fingerprint density at radius 2 is 2.04 bits per heavy atom. The van der Waals surface area contributed by atoms with Gasteiger partial charge in [-0.05, 0) is 25.0 Å². The first-order valence-corrected chi connectivity index (χ1v) is 7.65. The maximum Gasteiger partial charge on any atom is 0.306 e. The summed E-state index contributed by atoms with van der Waals surface area (Å²) in [6, 6.07) is 3.48. The number of piperidine rings is 1. The minimum absolute atomic E-state index is 0.0485. The highest BCUT2D eigenvalue weighted by molar-refractivity contribution is 5.94. The number of nitrogens with one attached hydrogen (secondary N) is 1. The van der Waals surface area contributed by atoms with E-state index < -0.39 is 0 Å². The number of esters is 1. The molecule has 7 heteroatoms. The molecule has 0 atom stereocenters. The second kappa shape index (κ2) is 8.26. The molecule has 0 spiro atoms. The Kier molecular flexibility index (Phi) is 6.08. The molecule has 2 heterocycles. The lowest BCUT2D eigenvalue weighted by Gasteiger charge is -2.32. The quantitative estimate of drug-likeness (QED) is 0.809. The molecular weight excluding hydrogens is 298 g/mol. The van der Waals surface area contributed by atoms with Crippen LogP contribution in [0.1, 0.15) is 36.0 Å². The largest absolute Gasteiger partial charge is 0.469 e. The molecule has 124 valence electrons. The average molecular weight is 319 g/mol. The van der Waals surface area contributed by atoms with Crippen molar-refractivity contribution in [3.8, 4) is 0 Å². The van der Waals surface area contributed by atoms with E-state index in [0.717, 1.165) is 0 Å². The van der Waals surface area contributed by atoms with Crippen LogP contribution in [0.2, 0.25) is 0 Å². The lowest BCUT2D eigenvalue weighted by atomic mass is 10.0. The molecule has 1 fully saturated rings. The molecule has 0 bridgehead atoms. The molecule has 1 aromatic heterocycles. The molecule has 23 heavy (non-hydrogen) atoms. The Morgan fingerprint density at radius 3 is 2.65 bits per heavy atom. The van der Waals surface area contributed by atoms with E-state index in [1.165, 1.54) is 13.3 Å². The number of aromatic nitrogens is 1. The van der Waals surface area contributed by atoms with Gasteiger partial charge in [-0.2, -0.15) is 0 Å². The van der Waals surface area contributed by atoms with Crippen molar-refractivity contribution in [2.45, 2.75) is 31.7 Å². The zero-order valence-corrected chi connectivity index (χ0v) is 13.2. The van der Waals surface area contributed by atoms with E-state index >= 15 is 0 Å². The normalized spacial score (nSPS) is 15.1. The summed E-state index contributed by atoms with van der Waals surface area (Å²) in [5.74, 6) is -0.571. The van der Waals surface area contributed by atoms with Gasteiger partial charge in [0.1, 0.15) is 0 Å². The number of ether oxygens (including phenoxy) is 1. The molecule has 0 saturated carbocycles. The van der Waals surface area contributed by atoms with E-state index in [1.54, 1.807) is 23.2 Å². The van der Waals surface area contributed by atoms with E-state index in [0.29, 0.717) is 31.5 Å². The molecule has 1 aromatic rings. The van der Waals surface area contributed by atoms with Crippen molar-refractivity contribution in [2.75, 3.05) is 20.2 Å². The van der Waals surface area contributed by atoms with Crippen LogP contribution in [-0.4, -0.2) is 53.9 Å². The van der Waals surface area contributed by atoms with Crippen molar-refractivity contribution < 1.29 is 19.1 Å². The second-order valence-corrected chi connectivity index (χ2v) is 5.45. The van der Waals surface area contributed by atoms with Crippen LogP contribution in [0.3, 0.4) is 0 Å². The maximum absolute atomic E-state index is 12.1. The number of hydrogen-bond acceptors (Lipinski definition) is 5. The molecule has 1 aliphatic heterocycles. The van der Waals surface area contributed by atoms with Crippen LogP contribution in [0.5, 0.6) is 0 Å². The number of nitrogens with zero attached hydrogens (tertiary/aromatic N) is 2. The second-order valence-electron chi connectivity index (χ2n) is 5.45. The first kappa shape index (κ1) is 16.9. The number of carbonyl (C=O) groups is 3. The summed E-state index contributed by atoms with van der Waals surface area (Å²) in [5.41, 5.74) is 0.532. The third-order valence-electron chi connectivity index (χ3n) is 3.88. The van der Waals surface area contributed by atoms with Gasteiger partial charge in [-0.25, -0.2) is 0 Å². The molecule has 0 aliphatic carbocycles. The van der Waals surface area contributed by atoms with E-state index in [9.17, 15) is 14.4 Å². The number of rotatable bonds is 5. The SMILES string of the molecule is COC(=O)CCC(=O)N1CCC(NC(=O)c2cccnc2)CC1. The Labute approximate surface area is 135 Å². The van der Waals surface area contributed by atoms with Gasteiger partial charge >= 0.3 is 5.97 Å². The highest BCUT2D eigenvalue weighted by Gasteiger charge is 2.24. The van der Waals surface area contributed by atoms with Crippen LogP contribution in [0.15, 0.2) is 24.5 Å². The minimum atomic E-state index is -0.378. The Morgan fingerprint density at radius 1 is 1.30 bits per heavy atom. The number of hydrogen-bond donors (Lipinski definition) is 1. The van der Waals surface area contributed by atoms with E-state index in [-0.39, 0.29) is 36.7 Å². The van der Waals surface area contributed by atoms with Crippen molar-refractivity contribution in [1.29, 1.82) is 0 Å². The van der Waals surface area contributed by atoms with Gasteiger partial charge in [0.15, 0.2) is 0 Å². The predicted octanol–water partition coefficient (Wildman–Crippen LogP) is 0.756. The van der Waals surface area contributed by atoms with Crippen molar-refractivity contribution in [3.63, 3.8) is 0 Å². The molecule has 1 saturated heterocycles. The molecule has 7 nitrogen and oxygen atoms in total. The fourth-order valence-electron chi connectivity index (χ4n) is 2.51. The highest BCUT2D eigenvalue weighted by Crippen LogP contribution is 2.13. The number of methoxy groups -OCH3 is 1. The van der Waals surface area contributed by atoms with Crippen LogP contribution in [0, 0.1) is 0 Å². The first-order chi connectivity index (χ1) is 11.1. The molecule has 1 N–H and O–H groups in total. The van der Waals surface area contributed by atoms with Crippen LogP contribution in [0.25, 0.3) is 0 Å². The van der Waals surface area contributed by atoms with Crippen molar-refractivity contribution in [3.05, 3.63) is 30.1 Å². The van der Waals surface area contributed by atoms with E-state index in [1.807, 2.05) is 0 Å². The molecule has 0 unspecified atom stereocenters. The number of carbonyl (C=O) groups excluding carboxylic acids is 3. The van der Waals surface area contributed by atoms with Gasteiger partial charge < -0.3 is 15.0 Å². The molecule has 1 aliphatic rings. The van der Waals surface area contributed by atoms with Gasteiger partial charge in [0.25, 0.3) is 5.91 Å². The third-order valence-corrected chi connectivity index (χ3v) is 3.88. The average Bonchev–Trinajstić information content (AvgIpc) is 2.60. The monoisotopic (exact) mass is 319 g/mol. The summed E-state index contributed by atoms with van der Waals surface area (Å²) in [7, 11) is 1.31. The van der Waals surface area contributed by atoms with Gasteiger partial charge in [0.2, 0.25) is 5.91 Å². The zero-order valence-electron chi connectivity index (χ0n) is 13.2. The predicted molar refractivity (Wildman–Crippen MR) is 82.6 cm³/mol. The zero-order chi connectivity index (χ0) is 16.7. The topological polar surface area (TPSA) is 88.6 Å². The van der Waals surface area contributed by atoms with Gasteiger partial charge in [-0.1, -0.05) is 0 Å². The Hall–Kier alpha value is -2.44. The van der Waals surface area contributed by atoms with E-state index in [4.69, 9.17) is 0 Å². The fourth-order valence-corrected chi connectivity index (χ4v) is 2.51. The number of pyridine rings is 1. The van der Waals surface area contributed by atoms with Gasteiger partial charge in [-0.3, -0.25) is 19.4 Å². The standard InChI is InChI=1S/C16H21N3O4/c1-23-15(21)5-4-14(20)19-9-6-13(7-10-19)18-16(22)12-3-2-8-17-11-12/h2-3,8,11,13H,4-7,9-10H2,1H3,(H,18,22). The Bertz CT molecular complexity index is 554. The van der Waals surface area contributed by atoms with Crippen LogP contribution in [-0.2, 0) is 14.3 Å². The summed E-state index contributed by atoms with van der Waals surface area (Å²) >= 11 is 0. The van der Waals surface area contributed by atoms with Gasteiger partial charge in [0.05, 0.1) is 19.1 Å². The summed E-state index contributed by atoms with van der Waals surface area (Å²) in [5, 5.41) is 2.96.